The number of aliphatic hydroxyl groups is 1. The first-order chi connectivity index (χ1) is 8.15. The van der Waals surface area contributed by atoms with Gasteiger partial charge < -0.3 is 10.2 Å². The van der Waals surface area contributed by atoms with Crippen LogP contribution in [0.3, 0.4) is 0 Å². The van der Waals surface area contributed by atoms with E-state index in [1.165, 1.54) is 0 Å². The fraction of sp³-hybridized carbons (Fsp3) is 0.0714. The smallest absolute Gasteiger partial charge is 0.345 e. The van der Waals surface area contributed by atoms with Crippen molar-refractivity contribution in [1.29, 1.82) is 0 Å². The molecule has 2 aromatic rings. The van der Waals surface area contributed by atoms with Crippen molar-refractivity contribution in [3.8, 4) is 0 Å². The molecule has 0 bridgehead atoms. The van der Waals surface area contributed by atoms with Gasteiger partial charge in [-0.15, -0.1) is 0 Å². The summed E-state index contributed by atoms with van der Waals surface area (Å²) in [6.45, 7) is 0. The van der Waals surface area contributed by atoms with Crippen LogP contribution in [0.15, 0.2) is 60.7 Å². The Kier molecular flexibility index (Phi) is 4.87. The van der Waals surface area contributed by atoms with Gasteiger partial charge in [-0.2, -0.15) is 0 Å². The number of aliphatic carboxylic acids is 1. The molecule has 0 atom stereocenters. The molecule has 2 aromatic carbocycles. The zero-order valence-corrected chi connectivity index (χ0v) is 10.9. The maximum atomic E-state index is 11.4. The third-order valence-electron chi connectivity index (χ3n) is 2.69. The summed E-state index contributed by atoms with van der Waals surface area (Å²) in [7, 11) is 0. The van der Waals surface area contributed by atoms with Crippen LogP contribution in [-0.4, -0.2) is 16.2 Å². The van der Waals surface area contributed by atoms with Crippen LogP contribution in [0, 0.1) is 0 Å². The molecule has 2 rings (SSSR count). The van der Waals surface area contributed by atoms with E-state index < -0.39 is 11.6 Å². The van der Waals surface area contributed by atoms with E-state index in [0.717, 1.165) is 0 Å². The molecule has 3 nitrogen and oxygen atoms in total. The first kappa shape index (κ1) is 14.7. The van der Waals surface area contributed by atoms with Gasteiger partial charge in [-0.3, -0.25) is 0 Å². The fourth-order valence-corrected chi connectivity index (χ4v) is 1.77. The molecule has 18 heavy (non-hydrogen) atoms. The van der Waals surface area contributed by atoms with Crippen molar-refractivity contribution in [3.63, 3.8) is 0 Å². The fourth-order valence-electron chi connectivity index (χ4n) is 1.77. The molecule has 97 valence electrons. The Hall–Kier alpha value is -1.39. The maximum absolute atomic E-state index is 11.4. The van der Waals surface area contributed by atoms with Gasteiger partial charge in [-0.05, 0) is 11.1 Å². The summed E-state index contributed by atoms with van der Waals surface area (Å²) in [5.41, 5.74) is -1.31. The van der Waals surface area contributed by atoms with Crippen molar-refractivity contribution >= 4 is 5.97 Å². The maximum Gasteiger partial charge on any atom is 0.345 e. The van der Waals surface area contributed by atoms with Crippen LogP contribution in [0.25, 0.3) is 0 Å². The van der Waals surface area contributed by atoms with Crippen LogP contribution >= 0.6 is 0 Å². The summed E-state index contributed by atoms with van der Waals surface area (Å²) >= 11 is 0. The van der Waals surface area contributed by atoms with Crippen molar-refractivity contribution in [3.05, 3.63) is 71.8 Å². The SMILES string of the molecule is O=C(O)C(O)(c1ccccc1)c1ccccc1.[Ag]. The van der Waals surface area contributed by atoms with Gasteiger partial charge in [0.2, 0.25) is 5.60 Å². The topological polar surface area (TPSA) is 57.5 Å². The van der Waals surface area contributed by atoms with E-state index in [0.29, 0.717) is 11.1 Å². The molecule has 2 N–H and O–H groups in total. The van der Waals surface area contributed by atoms with Gasteiger partial charge in [-0.1, -0.05) is 60.7 Å². The Labute approximate surface area is 121 Å². The molecule has 0 aromatic heterocycles. The predicted molar refractivity (Wildman–Crippen MR) is 63.5 cm³/mol. The van der Waals surface area contributed by atoms with Gasteiger partial charge >= 0.3 is 5.97 Å². The number of benzene rings is 2. The number of carbonyl (C=O) groups is 1. The Bertz CT molecular complexity index is 472. The molecule has 0 fully saturated rings. The van der Waals surface area contributed by atoms with Gasteiger partial charge in [0.1, 0.15) is 0 Å². The normalized spacial score (nSPS) is 10.5. The van der Waals surface area contributed by atoms with E-state index in [2.05, 4.69) is 0 Å². The number of rotatable bonds is 3. The summed E-state index contributed by atoms with van der Waals surface area (Å²) in [5, 5.41) is 19.7. The minimum absolute atomic E-state index is 0. The van der Waals surface area contributed by atoms with Crippen LogP contribution in [0.4, 0.5) is 0 Å². The van der Waals surface area contributed by atoms with Crippen molar-refractivity contribution in [2.24, 2.45) is 0 Å². The molecule has 0 saturated carbocycles. The summed E-state index contributed by atoms with van der Waals surface area (Å²) in [5.74, 6) is -1.28. The Morgan fingerprint density at radius 2 is 1.17 bits per heavy atom. The van der Waals surface area contributed by atoms with Crippen LogP contribution in [0.5, 0.6) is 0 Å². The zero-order valence-electron chi connectivity index (χ0n) is 9.38. The second-order valence-corrected chi connectivity index (χ2v) is 3.75. The van der Waals surface area contributed by atoms with Gasteiger partial charge in [0.05, 0.1) is 0 Å². The summed E-state index contributed by atoms with van der Waals surface area (Å²) in [6.07, 6.45) is 0. The quantitative estimate of drug-likeness (QED) is 0.843. The summed E-state index contributed by atoms with van der Waals surface area (Å²) < 4.78 is 0. The number of hydrogen-bond acceptors (Lipinski definition) is 2. The van der Waals surface area contributed by atoms with Crippen LogP contribution < -0.4 is 0 Å². The van der Waals surface area contributed by atoms with E-state index in [9.17, 15) is 15.0 Å². The first-order valence-corrected chi connectivity index (χ1v) is 5.22. The van der Waals surface area contributed by atoms with E-state index in [1.807, 2.05) is 0 Å². The van der Waals surface area contributed by atoms with Crippen molar-refractivity contribution < 1.29 is 37.4 Å². The van der Waals surface area contributed by atoms with Gasteiger partial charge in [0, 0.05) is 22.4 Å². The van der Waals surface area contributed by atoms with Crippen LogP contribution in [0.1, 0.15) is 11.1 Å². The Morgan fingerprint density at radius 3 is 1.44 bits per heavy atom. The van der Waals surface area contributed by atoms with Crippen molar-refractivity contribution in [2.75, 3.05) is 0 Å². The van der Waals surface area contributed by atoms with Crippen molar-refractivity contribution in [2.45, 2.75) is 5.60 Å². The Balaban J connectivity index is 0.00000162. The predicted octanol–water partition coefficient (Wildman–Crippen LogP) is 2.00. The molecule has 1 radical (unpaired) electrons. The average molecular weight is 336 g/mol. The third-order valence-corrected chi connectivity index (χ3v) is 2.69. The minimum Gasteiger partial charge on any atom is -0.479 e. The largest absolute Gasteiger partial charge is 0.479 e. The molecule has 0 aliphatic rings. The number of hydrogen-bond donors (Lipinski definition) is 2. The molecule has 0 aliphatic carbocycles. The second-order valence-electron chi connectivity index (χ2n) is 3.75. The molecule has 0 amide bonds. The van der Waals surface area contributed by atoms with Crippen molar-refractivity contribution in [1.82, 2.24) is 0 Å². The van der Waals surface area contributed by atoms with E-state index in [-0.39, 0.29) is 22.4 Å². The molecular weight excluding hydrogens is 324 g/mol. The summed E-state index contributed by atoms with van der Waals surface area (Å²) in [4.78, 5) is 11.4. The molecule has 0 saturated heterocycles. The van der Waals surface area contributed by atoms with Gasteiger partial charge in [-0.25, -0.2) is 4.79 Å². The average Bonchev–Trinajstić information content (AvgIpc) is 2.39. The molecule has 4 heteroatoms. The van der Waals surface area contributed by atoms with Crippen LogP contribution in [0.2, 0.25) is 0 Å². The molecular formula is C14H12AgO3. The first-order valence-electron chi connectivity index (χ1n) is 5.22. The van der Waals surface area contributed by atoms with E-state index >= 15 is 0 Å². The molecule has 0 aliphatic heterocycles. The van der Waals surface area contributed by atoms with Gasteiger partial charge in [0.25, 0.3) is 0 Å². The van der Waals surface area contributed by atoms with E-state index in [4.69, 9.17) is 0 Å². The standard InChI is InChI=1S/C14H12O3.Ag/c15-13(16)14(17,11-7-3-1-4-8-11)12-9-5-2-6-10-12;/h1-10,17H,(H,15,16);. The third kappa shape index (κ3) is 2.54. The molecule has 0 spiro atoms. The molecule has 0 unspecified atom stereocenters. The second kappa shape index (κ2) is 5.98. The number of carboxylic acids is 1. The molecule has 0 heterocycles. The Morgan fingerprint density at radius 1 is 0.833 bits per heavy atom. The summed E-state index contributed by atoms with van der Waals surface area (Å²) in [6, 6.07) is 16.7. The minimum atomic E-state index is -2.00. The van der Waals surface area contributed by atoms with Gasteiger partial charge in [0.15, 0.2) is 0 Å². The number of carboxylic acid groups (broad SMARTS) is 1. The monoisotopic (exact) mass is 335 g/mol. The van der Waals surface area contributed by atoms with E-state index in [1.54, 1.807) is 60.7 Å². The zero-order chi connectivity index (χ0) is 12.3. The van der Waals surface area contributed by atoms with Crippen LogP contribution in [-0.2, 0) is 32.8 Å².